The van der Waals surface area contributed by atoms with E-state index in [4.69, 9.17) is 5.73 Å². The summed E-state index contributed by atoms with van der Waals surface area (Å²) in [6.07, 6.45) is 4.82. The van der Waals surface area contributed by atoms with Gasteiger partial charge in [0.25, 0.3) is 0 Å². The molecule has 3 nitrogen and oxygen atoms in total. The Morgan fingerprint density at radius 1 is 1.44 bits per heavy atom. The van der Waals surface area contributed by atoms with Crippen LogP contribution in [0.15, 0.2) is 32.1 Å². The summed E-state index contributed by atoms with van der Waals surface area (Å²) in [5.41, 5.74) is 7.26. The van der Waals surface area contributed by atoms with Crippen LogP contribution in [0.25, 0.3) is 4.96 Å². The number of thiophene rings is 1. The second-order valence-corrected chi connectivity index (χ2v) is 8.04. The van der Waals surface area contributed by atoms with Crippen LogP contribution >= 0.6 is 54.5 Å². The van der Waals surface area contributed by atoms with Gasteiger partial charge in [-0.15, -0.1) is 22.7 Å². The highest BCUT2D eigenvalue weighted by Gasteiger charge is 2.14. The minimum Gasteiger partial charge on any atom is -0.323 e. The third kappa shape index (κ3) is 2.42. The molecule has 1 atom stereocenters. The van der Waals surface area contributed by atoms with Crippen molar-refractivity contribution in [1.29, 1.82) is 0 Å². The van der Waals surface area contributed by atoms with Gasteiger partial charge in [0.2, 0.25) is 0 Å². The fourth-order valence-corrected chi connectivity index (χ4v) is 4.56. The number of aromatic nitrogens is 2. The number of halogens is 2. The van der Waals surface area contributed by atoms with Gasteiger partial charge in [0, 0.05) is 39.6 Å². The predicted molar refractivity (Wildman–Crippen MR) is 83.4 cm³/mol. The fourth-order valence-electron chi connectivity index (χ4n) is 1.75. The maximum absolute atomic E-state index is 6.22. The molecule has 0 aliphatic rings. The van der Waals surface area contributed by atoms with Gasteiger partial charge >= 0.3 is 0 Å². The molecule has 3 rings (SSSR count). The lowest BCUT2D eigenvalue weighted by Gasteiger charge is -2.06. The van der Waals surface area contributed by atoms with Crippen LogP contribution in [0.5, 0.6) is 0 Å². The molecule has 0 saturated heterocycles. The number of thiazole rings is 1. The summed E-state index contributed by atoms with van der Waals surface area (Å²) < 4.78 is 4.18. The van der Waals surface area contributed by atoms with Crippen molar-refractivity contribution in [2.24, 2.45) is 5.73 Å². The molecule has 3 aromatic rings. The van der Waals surface area contributed by atoms with Crippen molar-refractivity contribution in [3.63, 3.8) is 0 Å². The zero-order valence-electron chi connectivity index (χ0n) is 9.14. The van der Waals surface area contributed by atoms with Gasteiger partial charge < -0.3 is 5.73 Å². The van der Waals surface area contributed by atoms with Crippen molar-refractivity contribution in [2.75, 3.05) is 0 Å². The molecule has 0 radical (unpaired) electrons. The molecule has 0 aliphatic heterocycles. The van der Waals surface area contributed by atoms with Crippen molar-refractivity contribution in [3.8, 4) is 0 Å². The number of fused-ring (bicyclic) bond motifs is 1. The van der Waals surface area contributed by atoms with Crippen LogP contribution in [0.2, 0.25) is 0 Å². The monoisotopic (exact) mass is 405 g/mol. The fraction of sp³-hybridized carbons (Fsp3) is 0.182. The highest BCUT2D eigenvalue weighted by atomic mass is 79.9. The Labute approximate surface area is 129 Å². The summed E-state index contributed by atoms with van der Waals surface area (Å²) in [5.74, 6) is 0. The van der Waals surface area contributed by atoms with Crippen LogP contribution in [0.4, 0.5) is 0 Å². The Morgan fingerprint density at radius 3 is 2.94 bits per heavy atom. The van der Waals surface area contributed by atoms with E-state index < -0.39 is 0 Å². The number of nitrogens with zero attached hydrogens (tertiary/aromatic N) is 2. The zero-order valence-corrected chi connectivity index (χ0v) is 13.9. The first-order chi connectivity index (χ1) is 8.63. The maximum Gasteiger partial charge on any atom is 0.193 e. The number of hydrogen-bond acceptors (Lipinski definition) is 4. The predicted octanol–water partition coefficient (Wildman–Crippen LogP) is 4.22. The van der Waals surface area contributed by atoms with Crippen LogP contribution in [0.1, 0.15) is 16.6 Å². The molecule has 0 amide bonds. The molecule has 18 heavy (non-hydrogen) atoms. The Morgan fingerprint density at radius 2 is 2.28 bits per heavy atom. The molecule has 0 spiro atoms. The lowest BCUT2D eigenvalue weighted by Crippen LogP contribution is -2.11. The second kappa shape index (κ2) is 5.05. The third-order valence-electron chi connectivity index (χ3n) is 2.60. The van der Waals surface area contributed by atoms with E-state index in [2.05, 4.69) is 42.9 Å². The van der Waals surface area contributed by atoms with Gasteiger partial charge in [-0.25, -0.2) is 4.98 Å². The van der Waals surface area contributed by atoms with Gasteiger partial charge in [0.1, 0.15) is 0 Å². The smallest absolute Gasteiger partial charge is 0.193 e. The number of nitrogens with two attached hydrogens (primary N) is 1. The van der Waals surface area contributed by atoms with Gasteiger partial charge in [0.05, 0.1) is 9.48 Å². The van der Waals surface area contributed by atoms with E-state index in [0.717, 1.165) is 30.2 Å². The van der Waals surface area contributed by atoms with Crippen molar-refractivity contribution in [2.45, 2.75) is 12.5 Å². The first-order valence-electron chi connectivity index (χ1n) is 5.25. The van der Waals surface area contributed by atoms with Crippen LogP contribution in [-0.4, -0.2) is 9.38 Å². The molecular weight excluding hydrogens is 398 g/mol. The van der Waals surface area contributed by atoms with Crippen molar-refractivity contribution >= 4 is 59.5 Å². The SMILES string of the molecule is NC(Cc1cn2ccsc2n1)c1cc(Br)c(Br)s1. The molecule has 0 aromatic carbocycles. The van der Waals surface area contributed by atoms with E-state index in [1.165, 1.54) is 0 Å². The minimum atomic E-state index is -0.0118. The third-order valence-corrected chi connectivity index (χ3v) is 6.76. The number of imidazole rings is 1. The van der Waals surface area contributed by atoms with Crippen molar-refractivity contribution in [1.82, 2.24) is 9.38 Å². The van der Waals surface area contributed by atoms with Crippen LogP contribution in [-0.2, 0) is 6.42 Å². The summed E-state index contributed by atoms with van der Waals surface area (Å²) in [4.78, 5) is 6.73. The normalized spacial score (nSPS) is 13.3. The van der Waals surface area contributed by atoms with E-state index in [9.17, 15) is 0 Å². The van der Waals surface area contributed by atoms with Gasteiger partial charge in [-0.3, -0.25) is 4.40 Å². The van der Waals surface area contributed by atoms with Gasteiger partial charge in [-0.1, -0.05) is 0 Å². The van der Waals surface area contributed by atoms with Crippen LogP contribution < -0.4 is 5.73 Å². The molecule has 3 aromatic heterocycles. The molecule has 0 aliphatic carbocycles. The second-order valence-electron chi connectivity index (χ2n) is 3.91. The first kappa shape index (κ1) is 12.8. The first-order valence-corrected chi connectivity index (χ1v) is 8.53. The quantitative estimate of drug-likeness (QED) is 0.707. The Balaban J connectivity index is 1.81. The average Bonchev–Trinajstić information content (AvgIpc) is 2.95. The summed E-state index contributed by atoms with van der Waals surface area (Å²) in [6, 6.07) is 2.06. The molecule has 94 valence electrons. The lowest BCUT2D eigenvalue weighted by molar-refractivity contribution is 0.724. The van der Waals surface area contributed by atoms with Gasteiger partial charge in [-0.05, 0) is 37.9 Å². The molecule has 2 N–H and O–H groups in total. The molecule has 7 heteroatoms. The summed E-state index contributed by atoms with van der Waals surface area (Å²) in [5, 5.41) is 2.03. The zero-order chi connectivity index (χ0) is 12.7. The van der Waals surface area contributed by atoms with E-state index in [1.807, 2.05) is 22.2 Å². The molecule has 0 saturated carbocycles. The Bertz CT molecular complexity index is 637. The number of hydrogen-bond donors (Lipinski definition) is 1. The molecule has 0 bridgehead atoms. The van der Waals surface area contributed by atoms with Crippen molar-refractivity contribution in [3.05, 3.63) is 42.7 Å². The molecule has 3 heterocycles. The summed E-state index contributed by atoms with van der Waals surface area (Å²) >= 11 is 10.3. The van der Waals surface area contributed by atoms with Gasteiger partial charge in [-0.2, -0.15) is 0 Å². The van der Waals surface area contributed by atoms with E-state index in [-0.39, 0.29) is 6.04 Å². The molecule has 1 unspecified atom stereocenters. The van der Waals surface area contributed by atoms with E-state index in [0.29, 0.717) is 0 Å². The molecule has 0 fully saturated rings. The topological polar surface area (TPSA) is 43.3 Å². The van der Waals surface area contributed by atoms with Crippen LogP contribution in [0, 0.1) is 0 Å². The summed E-state index contributed by atoms with van der Waals surface area (Å²) in [7, 11) is 0. The minimum absolute atomic E-state index is 0.0118. The van der Waals surface area contributed by atoms with E-state index >= 15 is 0 Å². The van der Waals surface area contributed by atoms with E-state index in [1.54, 1.807) is 22.7 Å². The summed E-state index contributed by atoms with van der Waals surface area (Å²) in [6.45, 7) is 0. The van der Waals surface area contributed by atoms with Crippen LogP contribution in [0.3, 0.4) is 0 Å². The molecular formula is C11H9Br2N3S2. The highest BCUT2D eigenvalue weighted by molar-refractivity contribution is 9.13. The Hall–Kier alpha value is -0.210. The largest absolute Gasteiger partial charge is 0.323 e. The lowest BCUT2D eigenvalue weighted by atomic mass is 10.1. The number of rotatable bonds is 3. The average molecular weight is 407 g/mol. The maximum atomic E-state index is 6.22. The van der Waals surface area contributed by atoms with Gasteiger partial charge in [0.15, 0.2) is 4.96 Å². The standard InChI is InChI=1S/C11H9Br2N3S2/c12-7-4-9(18-10(7)13)8(14)3-6-5-16-1-2-17-11(16)15-6/h1-2,4-5,8H,3,14H2. The highest BCUT2D eigenvalue weighted by Crippen LogP contribution is 2.35. The van der Waals surface area contributed by atoms with Crippen molar-refractivity contribution < 1.29 is 0 Å². The Kier molecular flexibility index (Phi) is 3.59.